The second-order valence-electron chi connectivity index (χ2n) is 3.28. The first-order valence-electron chi connectivity index (χ1n) is 4.34. The quantitative estimate of drug-likeness (QED) is 0.633. The molecule has 0 saturated carbocycles. The second-order valence-corrected chi connectivity index (χ2v) is 4.67. The van der Waals surface area contributed by atoms with Crippen LogP contribution in [0.1, 0.15) is 11.5 Å². The molecule has 1 heterocycles. The molecule has 0 aliphatic carbocycles. The van der Waals surface area contributed by atoms with Crippen LogP contribution in [0.2, 0.25) is 0 Å². The Hall–Kier alpha value is -0.870. The fourth-order valence-electron chi connectivity index (χ4n) is 1.54. The van der Waals surface area contributed by atoms with Gasteiger partial charge in [0.1, 0.15) is 5.38 Å². The zero-order valence-corrected chi connectivity index (χ0v) is 9.88. The molecular formula is C10H7BrClNO2. The maximum Gasteiger partial charge on any atom is 0.245 e. The predicted molar refractivity (Wildman–Crippen MR) is 59.7 cm³/mol. The number of imide groups is 1. The maximum atomic E-state index is 11.5. The fourth-order valence-corrected chi connectivity index (χ4v) is 2.12. The van der Waals surface area contributed by atoms with Crippen molar-refractivity contribution in [2.75, 3.05) is 0 Å². The van der Waals surface area contributed by atoms with E-state index in [-0.39, 0.29) is 5.91 Å². The van der Waals surface area contributed by atoms with Gasteiger partial charge in [0.2, 0.25) is 11.8 Å². The number of carbonyl (C=O) groups is 2. The third-order valence-electron chi connectivity index (χ3n) is 2.30. The Morgan fingerprint density at radius 1 is 1.13 bits per heavy atom. The van der Waals surface area contributed by atoms with Gasteiger partial charge in [0.05, 0.1) is 5.92 Å². The van der Waals surface area contributed by atoms with E-state index in [4.69, 9.17) is 11.6 Å². The first-order valence-corrected chi connectivity index (χ1v) is 5.57. The number of benzene rings is 1. The summed E-state index contributed by atoms with van der Waals surface area (Å²) in [5.74, 6) is -1.33. The number of halogens is 2. The number of hydrogen-bond acceptors (Lipinski definition) is 2. The van der Waals surface area contributed by atoms with Crippen LogP contribution in [0.5, 0.6) is 0 Å². The minimum atomic E-state index is -0.807. The summed E-state index contributed by atoms with van der Waals surface area (Å²) in [4.78, 5) is 22.6. The van der Waals surface area contributed by atoms with E-state index < -0.39 is 17.2 Å². The summed E-state index contributed by atoms with van der Waals surface area (Å²) in [6.45, 7) is 0. The van der Waals surface area contributed by atoms with Crippen LogP contribution >= 0.6 is 27.5 Å². The topological polar surface area (TPSA) is 46.2 Å². The van der Waals surface area contributed by atoms with Crippen molar-refractivity contribution in [2.45, 2.75) is 11.3 Å². The van der Waals surface area contributed by atoms with Crippen LogP contribution in [0.3, 0.4) is 0 Å². The summed E-state index contributed by atoms with van der Waals surface area (Å²) in [6.07, 6.45) is 0. The molecule has 2 atom stereocenters. The lowest BCUT2D eigenvalue weighted by molar-refractivity contribution is -0.125. The van der Waals surface area contributed by atoms with E-state index in [1.54, 1.807) is 12.1 Å². The van der Waals surface area contributed by atoms with Crippen molar-refractivity contribution in [3.63, 3.8) is 0 Å². The molecule has 2 rings (SSSR count). The minimum Gasteiger partial charge on any atom is -0.295 e. The Morgan fingerprint density at radius 3 is 2.20 bits per heavy atom. The molecule has 1 aliphatic rings. The molecule has 1 aliphatic heterocycles. The third-order valence-corrected chi connectivity index (χ3v) is 3.28. The average molecular weight is 289 g/mol. The van der Waals surface area contributed by atoms with Crippen LogP contribution in [-0.4, -0.2) is 17.2 Å². The van der Waals surface area contributed by atoms with Crippen LogP contribution in [0, 0.1) is 0 Å². The van der Waals surface area contributed by atoms with Crippen LogP contribution in [0.25, 0.3) is 0 Å². The summed E-state index contributed by atoms with van der Waals surface area (Å²) in [7, 11) is 0. The van der Waals surface area contributed by atoms with Gasteiger partial charge in [-0.15, -0.1) is 11.6 Å². The van der Waals surface area contributed by atoms with E-state index in [0.717, 1.165) is 10.0 Å². The second kappa shape index (κ2) is 3.94. The van der Waals surface area contributed by atoms with Crippen molar-refractivity contribution in [1.29, 1.82) is 0 Å². The highest BCUT2D eigenvalue weighted by molar-refractivity contribution is 9.10. The lowest BCUT2D eigenvalue weighted by Crippen LogP contribution is -2.22. The van der Waals surface area contributed by atoms with E-state index >= 15 is 0 Å². The highest BCUT2D eigenvalue weighted by atomic mass is 79.9. The van der Waals surface area contributed by atoms with Crippen LogP contribution in [0.4, 0.5) is 0 Å². The molecular weight excluding hydrogens is 281 g/mol. The molecule has 1 fully saturated rings. The normalized spacial score (nSPS) is 25.5. The average Bonchev–Trinajstić information content (AvgIpc) is 2.44. The summed E-state index contributed by atoms with van der Waals surface area (Å²) >= 11 is 9.15. The van der Waals surface area contributed by atoms with Gasteiger partial charge in [-0.25, -0.2) is 0 Å². The molecule has 1 aromatic rings. The largest absolute Gasteiger partial charge is 0.295 e. The molecule has 0 aromatic heterocycles. The molecule has 1 saturated heterocycles. The Bertz CT molecular complexity index is 418. The molecule has 3 nitrogen and oxygen atoms in total. The fraction of sp³-hybridized carbons (Fsp3) is 0.200. The van der Waals surface area contributed by atoms with Gasteiger partial charge in [-0.05, 0) is 17.7 Å². The van der Waals surface area contributed by atoms with Crippen molar-refractivity contribution >= 4 is 39.3 Å². The van der Waals surface area contributed by atoms with Crippen molar-refractivity contribution < 1.29 is 9.59 Å². The van der Waals surface area contributed by atoms with Gasteiger partial charge >= 0.3 is 0 Å². The zero-order valence-electron chi connectivity index (χ0n) is 7.54. The molecule has 15 heavy (non-hydrogen) atoms. The number of carbonyl (C=O) groups excluding carboxylic acids is 2. The van der Waals surface area contributed by atoms with Gasteiger partial charge in [0.25, 0.3) is 0 Å². The Kier molecular flexibility index (Phi) is 2.80. The molecule has 0 bridgehead atoms. The molecule has 2 amide bonds. The number of hydrogen-bond donors (Lipinski definition) is 1. The van der Waals surface area contributed by atoms with Gasteiger partial charge in [0.15, 0.2) is 0 Å². The lowest BCUT2D eigenvalue weighted by atomic mass is 9.97. The zero-order chi connectivity index (χ0) is 11.0. The highest BCUT2D eigenvalue weighted by Crippen LogP contribution is 2.29. The third kappa shape index (κ3) is 1.92. The Morgan fingerprint density at radius 2 is 1.73 bits per heavy atom. The predicted octanol–water partition coefficient (Wildman–Crippen LogP) is 1.80. The van der Waals surface area contributed by atoms with Crippen LogP contribution in [-0.2, 0) is 9.59 Å². The summed E-state index contributed by atoms with van der Waals surface area (Å²) in [5, 5.41) is 1.40. The number of alkyl halides is 1. The monoisotopic (exact) mass is 287 g/mol. The molecule has 0 radical (unpaired) electrons. The molecule has 78 valence electrons. The van der Waals surface area contributed by atoms with Crippen molar-refractivity contribution in [2.24, 2.45) is 0 Å². The van der Waals surface area contributed by atoms with Crippen molar-refractivity contribution in [3.05, 3.63) is 34.3 Å². The Labute approximate surface area is 99.9 Å². The Balaban J connectivity index is 2.34. The van der Waals surface area contributed by atoms with Crippen molar-refractivity contribution in [3.8, 4) is 0 Å². The van der Waals surface area contributed by atoms with Gasteiger partial charge in [-0.3, -0.25) is 14.9 Å². The van der Waals surface area contributed by atoms with Gasteiger partial charge < -0.3 is 0 Å². The van der Waals surface area contributed by atoms with E-state index in [2.05, 4.69) is 21.2 Å². The SMILES string of the molecule is O=C1NC(=O)[C@H](Cl)[C@H]1c1ccc(Br)cc1. The summed E-state index contributed by atoms with van der Waals surface area (Å²) < 4.78 is 0.919. The lowest BCUT2D eigenvalue weighted by Gasteiger charge is -2.09. The molecule has 0 unspecified atom stereocenters. The first kappa shape index (κ1) is 10.6. The van der Waals surface area contributed by atoms with Gasteiger partial charge in [0, 0.05) is 4.47 Å². The van der Waals surface area contributed by atoms with Crippen molar-refractivity contribution in [1.82, 2.24) is 5.32 Å². The number of rotatable bonds is 1. The van der Waals surface area contributed by atoms with E-state index in [0.29, 0.717) is 0 Å². The minimum absolute atomic E-state index is 0.331. The van der Waals surface area contributed by atoms with E-state index in [9.17, 15) is 9.59 Å². The maximum absolute atomic E-state index is 11.5. The molecule has 1 aromatic carbocycles. The highest BCUT2D eigenvalue weighted by Gasteiger charge is 2.41. The number of amides is 2. The molecule has 5 heteroatoms. The van der Waals surface area contributed by atoms with E-state index in [1.807, 2.05) is 12.1 Å². The van der Waals surface area contributed by atoms with Crippen LogP contribution in [0.15, 0.2) is 28.7 Å². The smallest absolute Gasteiger partial charge is 0.245 e. The van der Waals surface area contributed by atoms with Gasteiger partial charge in [-0.2, -0.15) is 0 Å². The molecule has 0 spiro atoms. The standard InChI is InChI=1S/C10H7BrClNO2/c11-6-3-1-5(2-4-6)7-8(12)10(15)13-9(7)14/h1-4,7-8H,(H,13,14,15)/t7-,8-/m1/s1. The van der Waals surface area contributed by atoms with E-state index in [1.165, 1.54) is 0 Å². The molecule has 1 N–H and O–H groups in total. The van der Waals surface area contributed by atoms with Gasteiger partial charge in [-0.1, -0.05) is 28.1 Å². The summed E-state index contributed by atoms with van der Waals surface area (Å²) in [5.41, 5.74) is 0.751. The summed E-state index contributed by atoms with van der Waals surface area (Å²) in [6, 6.07) is 7.19. The van der Waals surface area contributed by atoms with Crippen LogP contribution < -0.4 is 5.32 Å². The number of nitrogens with one attached hydrogen (secondary N) is 1. The first-order chi connectivity index (χ1) is 7.09.